The van der Waals surface area contributed by atoms with Crippen LogP contribution >= 0.6 is 0 Å². The van der Waals surface area contributed by atoms with E-state index in [1.54, 1.807) is 0 Å². The summed E-state index contributed by atoms with van der Waals surface area (Å²) in [4.78, 5) is 6.80. The maximum Gasteiger partial charge on any atom is 0.218 e. The third kappa shape index (κ3) is 2.53. The average Bonchev–Trinajstić information content (AvgIpc) is 2.39. The van der Waals surface area contributed by atoms with Crippen LogP contribution in [0.15, 0.2) is 12.3 Å². The number of rotatable bonds is 1. The maximum absolute atomic E-state index is 5.74. The fourth-order valence-electron chi connectivity index (χ4n) is 2.06. The number of fused-ring (bicyclic) bond motifs is 1. The third-order valence-corrected chi connectivity index (χ3v) is 3.19. The molecule has 2 rings (SSSR count). The van der Waals surface area contributed by atoms with Gasteiger partial charge in [-0.2, -0.15) is 0 Å². The fraction of sp³-hybridized carbons (Fsp3) is 0.615. The van der Waals surface area contributed by atoms with Crippen LogP contribution in [-0.2, 0) is 6.54 Å². The minimum Gasteiger partial charge on any atom is -0.477 e. The van der Waals surface area contributed by atoms with Crippen LogP contribution in [0.25, 0.3) is 0 Å². The van der Waals surface area contributed by atoms with E-state index >= 15 is 0 Å². The Morgan fingerprint density at radius 2 is 2.31 bits per heavy atom. The Morgan fingerprint density at radius 3 is 3.12 bits per heavy atom. The van der Waals surface area contributed by atoms with Crippen LogP contribution in [-0.4, -0.2) is 29.6 Å². The highest BCUT2D eigenvalue weighted by atomic mass is 16.5. The second kappa shape index (κ2) is 5.30. The zero-order chi connectivity index (χ0) is 11.4. The zero-order valence-corrected chi connectivity index (χ0v) is 10.2. The molecule has 0 radical (unpaired) electrons. The second-order valence-electron chi connectivity index (χ2n) is 4.34. The Kier molecular flexibility index (Phi) is 3.78. The SMILES string of the molecule is CCN1CCCCOc2nccc(C)c2C1. The van der Waals surface area contributed by atoms with Gasteiger partial charge in [0.25, 0.3) is 0 Å². The van der Waals surface area contributed by atoms with Crippen LogP contribution in [0.5, 0.6) is 5.88 Å². The summed E-state index contributed by atoms with van der Waals surface area (Å²) in [6, 6.07) is 2.06. The molecule has 3 heteroatoms. The van der Waals surface area contributed by atoms with E-state index in [0.717, 1.165) is 38.5 Å². The van der Waals surface area contributed by atoms with Crippen molar-refractivity contribution in [3.05, 3.63) is 23.4 Å². The van der Waals surface area contributed by atoms with Crippen molar-refractivity contribution in [3.63, 3.8) is 0 Å². The quantitative estimate of drug-likeness (QED) is 0.726. The first-order chi connectivity index (χ1) is 7.81. The van der Waals surface area contributed by atoms with Crippen molar-refractivity contribution in [1.82, 2.24) is 9.88 Å². The van der Waals surface area contributed by atoms with E-state index in [-0.39, 0.29) is 0 Å². The van der Waals surface area contributed by atoms with Gasteiger partial charge in [-0.05, 0) is 44.5 Å². The molecular weight excluding hydrogens is 200 g/mol. The number of pyridine rings is 1. The fourth-order valence-corrected chi connectivity index (χ4v) is 2.06. The first kappa shape index (κ1) is 11.4. The number of aromatic nitrogens is 1. The van der Waals surface area contributed by atoms with Crippen molar-refractivity contribution in [2.75, 3.05) is 19.7 Å². The molecule has 0 N–H and O–H groups in total. The van der Waals surface area contributed by atoms with Gasteiger partial charge in [-0.3, -0.25) is 4.90 Å². The minimum atomic E-state index is 0.793. The van der Waals surface area contributed by atoms with Gasteiger partial charge in [0, 0.05) is 18.3 Å². The summed E-state index contributed by atoms with van der Waals surface area (Å²) in [7, 11) is 0. The van der Waals surface area contributed by atoms with E-state index in [1.165, 1.54) is 17.5 Å². The van der Waals surface area contributed by atoms with Crippen molar-refractivity contribution in [2.24, 2.45) is 0 Å². The molecule has 0 amide bonds. The highest BCUT2D eigenvalue weighted by molar-refractivity contribution is 5.33. The molecular formula is C13H20N2O. The van der Waals surface area contributed by atoms with E-state index in [9.17, 15) is 0 Å². The van der Waals surface area contributed by atoms with Crippen LogP contribution in [0.3, 0.4) is 0 Å². The molecule has 1 aromatic heterocycles. The van der Waals surface area contributed by atoms with Crippen molar-refractivity contribution in [3.8, 4) is 5.88 Å². The van der Waals surface area contributed by atoms with E-state index in [0.29, 0.717) is 0 Å². The van der Waals surface area contributed by atoms with Crippen molar-refractivity contribution >= 4 is 0 Å². The number of hydrogen-bond donors (Lipinski definition) is 0. The van der Waals surface area contributed by atoms with Gasteiger partial charge in [-0.25, -0.2) is 4.98 Å². The monoisotopic (exact) mass is 220 g/mol. The normalized spacial score (nSPS) is 17.9. The van der Waals surface area contributed by atoms with Crippen LogP contribution in [0.2, 0.25) is 0 Å². The summed E-state index contributed by atoms with van der Waals surface area (Å²) in [5.41, 5.74) is 2.54. The molecule has 0 saturated carbocycles. The van der Waals surface area contributed by atoms with Crippen LogP contribution < -0.4 is 4.74 Å². The van der Waals surface area contributed by atoms with Gasteiger partial charge < -0.3 is 4.74 Å². The van der Waals surface area contributed by atoms with Gasteiger partial charge in [0.1, 0.15) is 0 Å². The summed E-state index contributed by atoms with van der Waals surface area (Å²) >= 11 is 0. The summed E-state index contributed by atoms with van der Waals surface area (Å²) in [5, 5.41) is 0. The zero-order valence-electron chi connectivity index (χ0n) is 10.2. The second-order valence-corrected chi connectivity index (χ2v) is 4.34. The maximum atomic E-state index is 5.74. The number of nitrogens with zero attached hydrogens (tertiary/aromatic N) is 2. The largest absolute Gasteiger partial charge is 0.477 e. The topological polar surface area (TPSA) is 25.4 Å². The van der Waals surface area contributed by atoms with E-state index in [1.807, 2.05) is 6.20 Å². The molecule has 3 nitrogen and oxygen atoms in total. The molecule has 0 atom stereocenters. The average molecular weight is 220 g/mol. The van der Waals surface area contributed by atoms with E-state index < -0.39 is 0 Å². The van der Waals surface area contributed by atoms with E-state index in [2.05, 4.69) is 29.8 Å². The van der Waals surface area contributed by atoms with Gasteiger partial charge in [0.2, 0.25) is 5.88 Å². The molecule has 1 aliphatic rings. The van der Waals surface area contributed by atoms with Crippen LogP contribution in [0.4, 0.5) is 0 Å². The predicted octanol–water partition coefficient (Wildman–Crippen LogP) is 2.38. The van der Waals surface area contributed by atoms with E-state index in [4.69, 9.17) is 4.74 Å². The smallest absolute Gasteiger partial charge is 0.218 e. The number of ether oxygens (including phenoxy) is 1. The summed E-state index contributed by atoms with van der Waals surface area (Å²) in [5.74, 6) is 0.834. The minimum absolute atomic E-state index is 0.793. The number of aryl methyl sites for hydroxylation is 1. The molecule has 16 heavy (non-hydrogen) atoms. The predicted molar refractivity (Wildman–Crippen MR) is 64.7 cm³/mol. The molecule has 1 aromatic rings. The van der Waals surface area contributed by atoms with Gasteiger partial charge in [-0.15, -0.1) is 0 Å². The molecule has 0 aromatic carbocycles. The van der Waals surface area contributed by atoms with Crippen LogP contribution in [0.1, 0.15) is 30.9 Å². The lowest BCUT2D eigenvalue weighted by Gasteiger charge is -2.20. The standard InChI is InChI=1S/C13H20N2O/c1-3-15-8-4-5-9-16-13-12(10-15)11(2)6-7-14-13/h6-7H,3-5,8-10H2,1-2H3. The van der Waals surface area contributed by atoms with Crippen LogP contribution in [0, 0.1) is 6.92 Å². The Morgan fingerprint density at radius 1 is 1.44 bits per heavy atom. The Hall–Kier alpha value is -1.09. The first-order valence-corrected chi connectivity index (χ1v) is 6.11. The molecule has 0 fully saturated rings. The van der Waals surface area contributed by atoms with Gasteiger partial charge >= 0.3 is 0 Å². The Bertz CT molecular complexity index is 352. The summed E-state index contributed by atoms with van der Waals surface area (Å²) < 4.78 is 5.74. The number of hydrogen-bond acceptors (Lipinski definition) is 3. The highest BCUT2D eigenvalue weighted by Crippen LogP contribution is 2.22. The van der Waals surface area contributed by atoms with Crippen molar-refractivity contribution < 1.29 is 4.74 Å². The highest BCUT2D eigenvalue weighted by Gasteiger charge is 2.14. The molecule has 0 aliphatic carbocycles. The van der Waals surface area contributed by atoms with Gasteiger partial charge in [0.05, 0.1) is 6.61 Å². The van der Waals surface area contributed by atoms with Gasteiger partial charge in [0.15, 0.2) is 0 Å². The Balaban J connectivity index is 2.28. The lowest BCUT2D eigenvalue weighted by Crippen LogP contribution is -2.24. The van der Waals surface area contributed by atoms with Crippen molar-refractivity contribution in [1.29, 1.82) is 0 Å². The molecule has 1 aliphatic heterocycles. The summed E-state index contributed by atoms with van der Waals surface area (Å²) in [6.45, 7) is 8.35. The molecule has 88 valence electrons. The summed E-state index contributed by atoms with van der Waals surface area (Å²) in [6.07, 6.45) is 4.16. The molecule has 2 heterocycles. The molecule has 0 saturated heterocycles. The molecule has 0 bridgehead atoms. The molecule has 0 spiro atoms. The lowest BCUT2D eigenvalue weighted by molar-refractivity contribution is 0.271. The molecule has 0 unspecified atom stereocenters. The van der Waals surface area contributed by atoms with Gasteiger partial charge in [-0.1, -0.05) is 6.92 Å². The Labute approximate surface area is 97.4 Å². The third-order valence-electron chi connectivity index (χ3n) is 3.19. The lowest BCUT2D eigenvalue weighted by atomic mass is 10.1. The van der Waals surface area contributed by atoms with Crippen molar-refractivity contribution in [2.45, 2.75) is 33.2 Å². The first-order valence-electron chi connectivity index (χ1n) is 6.11.